The van der Waals surface area contributed by atoms with Gasteiger partial charge in [0.25, 0.3) is 0 Å². The average molecular weight is 292 g/mol. The zero-order valence-corrected chi connectivity index (χ0v) is 11.7. The summed E-state index contributed by atoms with van der Waals surface area (Å²) in [5, 5.41) is 8.67. The van der Waals surface area contributed by atoms with E-state index in [9.17, 15) is 13.2 Å². The Bertz CT molecular complexity index is 638. The Hall–Kier alpha value is -2.48. The number of hydrogen-bond acceptors (Lipinski definition) is 2. The molecule has 5 heteroatoms. The molecule has 110 valence electrons. The predicted molar refractivity (Wildman–Crippen MR) is 77.4 cm³/mol. The molecule has 2 aromatic carbocycles. The summed E-state index contributed by atoms with van der Waals surface area (Å²) in [4.78, 5) is 0. The summed E-state index contributed by atoms with van der Waals surface area (Å²) in [6.07, 6.45) is -4.48. The molecule has 0 unspecified atom stereocenters. The fourth-order valence-electron chi connectivity index (χ4n) is 1.72. The minimum atomic E-state index is -4.48. The highest BCUT2D eigenvalue weighted by Crippen LogP contribution is 2.36. The molecule has 2 aromatic rings. The van der Waals surface area contributed by atoms with Crippen LogP contribution in [0.15, 0.2) is 42.5 Å². The molecule has 0 bridgehead atoms. The van der Waals surface area contributed by atoms with Crippen molar-refractivity contribution in [3.05, 3.63) is 53.6 Å². The minimum Gasteiger partial charge on any atom is -0.398 e. The average Bonchev–Trinajstić information content (AvgIpc) is 2.49. The summed E-state index contributed by atoms with van der Waals surface area (Å²) in [5.41, 5.74) is 5.65. The summed E-state index contributed by atoms with van der Waals surface area (Å²) in [5.74, 6) is 0. The van der Waals surface area contributed by atoms with Crippen molar-refractivity contribution in [1.82, 2.24) is 0 Å². The molecule has 21 heavy (non-hydrogen) atoms. The van der Waals surface area contributed by atoms with E-state index in [1.165, 1.54) is 12.1 Å². The van der Waals surface area contributed by atoms with Gasteiger partial charge in [0, 0.05) is 5.69 Å². The molecule has 2 nitrogen and oxygen atoms in total. The van der Waals surface area contributed by atoms with Crippen LogP contribution in [-0.2, 0) is 6.18 Å². The van der Waals surface area contributed by atoms with Crippen molar-refractivity contribution in [3.63, 3.8) is 0 Å². The molecule has 0 aliphatic carbocycles. The molecule has 0 fully saturated rings. The van der Waals surface area contributed by atoms with Crippen molar-refractivity contribution >= 4 is 5.69 Å². The minimum absolute atomic E-state index is 0.301. The van der Waals surface area contributed by atoms with E-state index < -0.39 is 11.7 Å². The topological polar surface area (TPSA) is 49.8 Å². The number of nitrogen functional groups attached to an aromatic ring is 1. The second-order valence-corrected chi connectivity index (χ2v) is 3.99. The van der Waals surface area contributed by atoms with Crippen molar-refractivity contribution in [1.29, 1.82) is 5.26 Å². The molecule has 0 radical (unpaired) electrons. The summed E-state index contributed by atoms with van der Waals surface area (Å²) >= 11 is 0. The van der Waals surface area contributed by atoms with Gasteiger partial charge in [-0.2, -0.15) is 18.4 Å². The molecular weight excluding hydrogens is 277 g/mol. The number of alkyl halides is 3. The first-order valence-corrected chi connectivity index (χ1v) is 6.39. The second kappa shape index (κ2) is 6.80. The third kappa shape index (κ3) is 3.99. The highest BCUT2D eigenvalue weighted by atomic mass is 19.4. The molecule has 2 N–H and O–H groups in total. The summed E-state index contributed by atoms with van der Waals surface area (Å²) in [6.45, 7) is 4.00. The molecule has 0 atom stereocenters. The Kier molecular flexibility index (Phi) is 5.37. The van der Waals surface area contributed by atoms with Gasteiger partial charge in [0.2, 0.25) is 0 Å². The van der Waals surface area contributed by atoms with E-state index in [2.05, 4.69) is 0 Å². The maximum atomic E-state index is 12.7. The maximum absolute atomic E-state index is 12.7. The fourth-order valence-corrected chi connectivity index (χ4v) is 1.72. The Labute approximate surface area is 121 Å². The molecular formula is C16H15F3N2. The predicted octanol–water partition coefficient (Wildman–Crippen LogP) is 4.85. The highest BCUT2D eigenvalue weighted by Gasteiger charge is 2.33. The number of anilines is 1. The molecule has 0 amide bonds. The van der Waals surface area contributed by atoms with Crippen molar-refractivity contribution in [3.8, 4) is 17.2 Å². The van der Waals surface area contributed by atoms with Gasteiger partial charge < -0.3 is 5.73 Å². The highest BCUT2D eigenvalue weighted by molar-refractivity contribution is 5.68. The lowest BCUT2D eigenvalue weighted by atomic mass is 10.0. The number of nitriles is 1. The van der Waals surface area contributed by atoms with Crippen molar-refractivity contribution < 1.29 is 13.2 Å². The van der Waals surface area contributed by atoms with Crippen LogP contribution < -0.4 is 5.73 Å². The van der Waals surface area contributed by atoms with E-state index >= 15 is 0 Å². The van der Waals surface area contributed by atoms with Crippen LogP contribution >= 0.6 is 0 Å². The van der Waals surface area contributed by atoms with Gasteiger partial charge in [-0.1, -0.05) is 32.0 Å². The van der Waals surface area contributed by atoms with Gasteiger partial charge in [-0.25, -0.2) is 0 Å². The van der Waals surface area contributed by atoms with E-state index in [0.717, 1.165) is 6.07 Å². The van der Waals surface area contributed by atoms with Crippen LogP contribution in [0.3, 0.4) is 0 Å². The van der Waals surface area contributed by atoms with Crippen molar-refractivity contribution in [2.75, 3.05) is 5.73 Å². The third-order valence-corrected chi connectivity index (χ3v) is 2.71. The summed E-state index contributed by atoms with van der Waals surface area (Å²) < 4.78 is 38.2. The molecule has 0 spiro atoms. The van der Waals surface area contributed by atoms with E-state index in [1.807, 2.05) is 19.9 Å². The van der Waals surface area contributed by atoms with E-state index in [0.29, 0.717) is 16.7 Å². The number of nitrogens with zero attached hydrogens (tertiary/aromatic N) is 1. The van der Waals surface area contributed by atoms with Crippen LogP contribution in [0.2, 0.25) is 0 Å². The Morgan fingerprint density at radius 2 is 1.48 bits per heavy atom. The van der Waals surface area contributed by atoms with Crippen LogP contribution in [-0.4, -0.2) is 0 Å². The van der Waals surface area contributed by atoms with E-state index in [1.54, 1.807) is 24.3 Å². The Morgan fingerprint density at radius 3 is 1.95 bits per heavy atom. The first-order chi connectivity index (χ1) is 9.91. The first kappa shape index (κ1) is 16.6. The SMILES string of the molecule is CC.N#Cc1ccc(-c2ccc(N)c(C(F)(F)F)c2)cc1. The van der Waals surface area contributed by atoms with Gasteiger partial charge in [-0.3, -0.25) is 0 Å². The molecule has 0 aliphatic heterocycles. The number of hydrogen-bond donors (Lipinski definition) is 1. The lowest BCUT2D eigenvalue weighted by Gasteiger charge is -2.12. The van der Waals surface area contributed by atoms with Gasteiger partial charge >= 0.3 is 6.18 Å². The van der Waals surface area contributed by atoms with Gasteiger partial charge in [0.15, 0.2) is 0 Å². The van der Waals surface area contributed by atoms with Gasteiger partial charge in [-0.05, 0) is 35.4 Å². The van der Waals surface area contributed by atoms with Crippen LogP contribution in [0, 0.1) is 11.3 Å². The molecule has 0 aliphatic rings. The van der Waals surface area contributed by atoms with Gasteiger partial charge in [0.05, 0.1) is 17.2 Å². The maximum Gasteiger partial charge on any atom is 0.418 e. The monoisotopic (exact) mass is 292 g/mol. The number of rotatable bonds is 1. The normalized spacial score (nSPS) is 10.3. The van der Waals surface area contributed by atoms with Crippen LogP contribution in [0.4, 0.5) is 18.9 Å². The lowest BCUT2D eigenvalue weighted by molar-refractivity contribution is -0.136. The lowest BCUT2D eigenvalue weighted by Crippen LogP contribution is -2.08. The number of halogens is 3. The fraction of sp³-hybridized carbons (Fsp3) is 0.188. The van der Waals surface area contributed by atoms with Gasteiger partial charge in [0.1, 0.15) is 0 Å². The van der Waals surface area contributed by atoms with Crippen LogP contribution in [0.25, 0.3) is 11.1 Å². The molecule has 0 aromatic heterocycles. The zero-order valence-electron chi connectivity index (χ0n) is 11.7. The summed E-state index contributed by atoms with van der Waals surface area (Å²) in [7, 11) is 0. The van der Waals surface area contributed by atoms with Crippen LogP contribution in [0.1, 0.15) is 25.0 Å². The van der Waals surface area contributed by atoms with Gasteiger partial charge in [-0.15, -0.1) is 0 Å². The molecule has 0 saturated heterocycles. The third-order valence-electron chi connectivity index (χ3n) is 2.71. The van der Waals surface area contributed by atoms with E-state index in [4.69, 9.17) is 11.0 Å². The standard InChI is InChI=1S/C14H9F3N2.C2H6/c15-14(16,17)12-7-11(5-6-13(12)19)10-3-1-9(8-18)2-4-10;1-2/h1-7H,19H2;1-2H3. The van der Waals surface area contributed by atoms with Crippen molar-refractivity contribution in [2.24, 2.45) is 0 Å². The largest absolute Gasteiger partial charge is 0.418 e. The van der Waals surface area contributed by atoms with E-state index in [-0.39, 0.29) is 5.69 Å². The quantitative estimate of drug-likeness (QED) is 0.764. The molecule has 0 heterocycles. The Morgan fingerprint density at radius 1 is 0.952 bits per heavy atom. The summed E-state index contributed by atoms with van der Waals surface area (Å²) in [6, 6.07) is 12.0. The molecule has 2 rings (SSSR count). The zero-order chi connectivity index (χ0) is 16.0. The first-order valence-electron chi connectivity index (χ1n) is 6.39. The molecule has 0 saturated carbocycles. The smallest absolute Gasteiger partial charge is 0.398 e. The second-order valence-electron chi connectivity index (χ2n) is 3.99. The number of nitrogens with two attached hydrogens (primary N) is 1. The Balaban J connectivity index is 0.00000106. The van der Waals surface area contributed by atoms with Crippen molar-refractivity contribution in [2.45, 2.75) is 20.0 Å². The number of benzene rings is 2. The van der Waals surface area contributed by atoms with Crippen LogP contribution in [0.5, 0.6) is 0 Å².